The van der Waals surface area contributed by atoms with Crippen molar-refractivity contribution in [2.75, 3.05) is 7.11 Å². The van der Waals surface area contributed by atoms with E-state index in [1.165, 1.54) is 0 Å². The molecule has 2 aromatic carbocycles. The maximum atomic E-state index is 12.3. The second-order valence-electron chi connectivity index (χ2n) is 4.67. The minimum atomic E-state index is -0.132. The van der Waals surface area contributed by atoms with Crippen molar-refractivity contribution in [2.24, 2.45) is 0 Å². The third kappa shape index (κ3) is 2.72. The molecule has 2 N–H and O–H groups in total. The van der Waals surface area contributed by atoms with E-state index in [-0.39, 0.29) is 5.91 Å². The lowest BCUT2D eigenvalue weighted by Crippen LogP contribution is -2.23. The van der Waals surface area contributed by atoms with Gasteiger partial charge in [-0.15, -0.1) is 0 Å². The van der Waals surface area contributed by atoms with Gasteiger partial charge in [-0.05, 0) is 23.8 Å². The zero-order valence-corrected chi connectivity index (χ0v) is 11.6. The highest BCUT2D eigenvalue weighted by Gasteiger charge is 2.10. The summed E-state index contributed by atoms with van der Waals surface area (Å²) in [6, 6.07) is 13.2. The van der Waals surface area contributed by atoms with Gasteiger partial charge < -0.3 is 10.1 Å². The smallest absolute Gasteiger partial charge is 0.253 e. The number of fused-ring (bicyclic) bond motifs is 1. The first-order chi connectivity index (χ1) is 10.3. The molecule has 0 atom stereocenters. The second-order valence-corrected chi connectivity index (χ2v) is 4.67. The van der Waals surface area contributed by atoms with E-state index in [9.17, 15) is 4.79 Å². The molecular formula is C16H15N3O2. The zero-order chi connectivity index (χ0) is 14.7. The van der Waals surface area contributed by atoms with Crippen LogP contribution in [0.1, 0.15) is 15.9 Å². The molecule has 0 unspecified atom stereocenters. The van der Waals surface area contributed by atoms with Crippen molar-refractivity contribution in [3.8, 4) is 5.75 Å². The van der Waals surface area contributed by atoms with Crippen molar-refractivity contribution in [3.05, 3.63) is 59.8 Å². The minimum absolute atomic E-state index is 0.132. The number of aromatic nitrogens is 2. The molecule has 0 spiro atoms. The number of carbonyl (C=O) groups excluding carboxylic acids is 1. The maximum Gasteiger partial charge on any atom is 0.253 e. The third-order valence-corrected chi connectivity index (χ3v) is 3.31. The molecule has 0 fully saturated rings. The summed E-state index contributed by atoms with van der Waals surface area (Å²) in [6.07, 6.45) is 1.70. The third-order valence-electron chi connectivity index (χ3n) is 3.31. The summed E-state index contributed by atoms with van der Waals surface area (Å²) in [6.45, 7) is 0.445. The second kappa shape index (κ2) is 5.66. The average molecular weight is 281 g/mol. The van der Waals surface area contributed by atoms with E-state index in [1.807, 2.05) is 36.4 Å². The molecule has 0 aliphatic heterocycles. The number of hydrogen-bond acceptors (Lipinski definition) is 3. The van der Waals surface area contributed by atoms with Crippen molar-refractivity contribution in [3.63, 3.8) is 0 Å². The molecule has 0 aliphatic rings. The molecule has 1 amide bonds. The van der Waals surface area contributed by atoms with Crippen LogP contribution in [0.3, 0.4) is 0 Å². The van der Waals surface area contributed by atoms with Crippen LogP contribution in [0.25, 0.3) is 10.9 Å². The molecule has 1 aromatic heterocycles. The van der Waals surface area contributed by atoms with Gasteiger partial charge in [-0.3, -0.25) is 9.89 Å². The fourth-order valence-electron chi connectivity index (χ4n) is 2.22. The molecule has 0 aliphatic carbocycles. The van der Waals surface area contributed by atoms with Gasteiger partial charge in [0.1, 0.15) is 5.75 Å². The highest BCUT2D eigenvalue weighted by molar-refractivity contribution is 6.05. The van der Waals surface area contributed by atoms with Crippen LogP contribution >= 0.6 is 0 Å². The molecule has 0 bridgehead atoms. The van der Waals surface area contributed by atoms with Gasteiger partial charge >= 0.3 is 0 Å². The molecule has 106 valence electrons. The molecule has 1 heterocycles. The van der Waals surface area contributed by atoms with Crippen molar-refractivity contribution in [1.29, 1.82) is 0 Å². The first-order valence-electron chi connectivity index (χ1n) is 6.61. The van der Waals surface area contributed by atoms with Crippen LogP contribution in [0.15, 0.2) is 48.7 Å². The van der Waals surface area contributed by atoms with E-state index >= 15 is 0 Å². The van der Waals surface area contributed by atoms with Gasteiger partial charge in [-0.2, -0.15) is 5.10 Å². The predicted molar refractivity (Wildman–Crippen MR) is 80.3 cm³/mol. The molecule has 3 aromatic rings. The Morgan fingerprint density at radius 2 is 2.14 bits per heavy atom. The number of benzene rings is 2. The number of hydrogen-bond donors (Lipinski definition) is 2. The summed E-state index contributed by atoms with van der Waals surface area (Å²) in [7, 11) is 1.62. The van der Waals surface area contributed by atoms with Gasteiger partial charge in [0.05, 0.1) is 24.4 Å². The number of methoxy groups -OCH3 is 1. The lowest BCUT2D eigenvalue weighted by molar-refractivity contribution is 0.0952. The fourth-order valence-corrected chi connectivity index (χ4v) is 2.22. The van der Waals surface area contributed by atoms with E-state index in [1.54, 1.807) is 19.4 Å². The monoisotopic (exact) mass is 281 g/mol. The summed E-state index contributed by atoms with van der Waals surface area (Å²) < 4.78 is 5.17. The number of nitrogens with one attached hydrogen (secondary N) is 2. The van der Waals surface area contributed by atoms with Gasteiger partial charge in [0.25, 0.3) is 5.91 Å². The van der Waals surface area contributed by atoms with E-state index in [0.29, 0.717) is 12.1 Å². The SMILES string of the molecule is COc1cccc(CNC(=O)c2cccc3cn[nH]c23)c1. The van der Waals surface area contributed by atoms with E-state index in [2.05, 4.69) is 15.5 Å². The Hall–Kier alpha value is -2.82. The number of rotatable bonds is 4. The highest BCUT2D eigenvalue weighted by Crippen LogP contribution is 2.16. The van der Waals surface area contributed by atoms with Gasteiger partial charge in [0.15, 0.2) is 0 Å². The van der Waals surface area contributed by atoms with Crippen molar-refractivity contribution in [2.45, 2.75) is 6.54 Å². The van der Waals surface area contributed by atoms with Gasteiger partial charge in [0.2, 0.25) is 0 Å². The maximum absolute atomic E-state index is 12.3. The van der Waals surface area contributed by atoms with Crippen LogP contribution in [-0.4, -0.2) is 23.2 Å². The van der Waals surface area contributed by atoms with E-state index < -0.39 is 0 Å². The molecular weight excluding hydrogens is 266 g/mol. The molecule has 0 radical (unpaired) electrons. The number of carbonyl (C=O) groups is 1. The Kier molecular flexibility index (Phi) is 3.55. The molecule has 5 nitrogen and oxygen atoms in total. The Morgan fingerprint density at radius 3 is 3.00 bits per heavy atom. The number of aromatic amines is 1. The standard InChI is InChI=1S/C16H15N3O2/c1-21-13-6-2-4-11(8-13)9-17-16(20)14-7-3-5-12-10-18-19-15(12)14/h2-8,10H,9H2,1H3,(H,17,20)(H,18,19). The Morgan fingerprint density at radius 1 is 1.29 bits per heavy atom. The van der Waals surface area contributed by atoms with E-state index in [0.717, 1.165) is 22.2 Å². The zero-order valence-electron chi connectivity index (χ0n) is 11.6. The average Bonchev–Trinajstić information content (AvgIpc) is 3.01. The Bertz CT molecular complexity index is 780. The number of H-pyrrole nitrogens is 1. The summed E-state index contributed by atoms with van der Waals surface area (Å²) in [5.41, 5.74) is 2.33. The number of nitrogens with zero attached hydrogens (tertiary/aromatic N) is 1. The van der Waals surface area contributed by atoms with Crippen LogP contribution < -0.4 is 10.1 Å². The van der Waals surface area contributed by atoms with Crippen LogP contribution in [0.2, 0.25) is 0 Å². The van der Waals surface area contributed by atoms with Crippen molar-refractivity contribution >= 4 is 16.8 Å². The largest absolute Gasteiger partial charge is 0.497 e. The Labute approximate surface area is 121 Å². The summed E-state index contributed by atoms with van der Waals surface area (Å²) in [4.78, 5) is 12.3. The summed E-state index contributed by atoms with van der Waals surface area (Å²) >= 11 is 0. The summed E-state index contributed by atoms with van der Waals surface area (Å²) in [5.74, 6) is 0.644. The van der Waals surface area contributed by atoms with Crippen molar-refractivity contribution in [1.82, 2.24) is 15.5 Å². The molecule has 0 saturated heterocycles. The normalized spacial score (nSPS) is 10.5. The lowest BCUT2D eigenvalue weighted by Gasteiger charge is -2.07. The number of ether oxygens (including phenoxy) is 1. The van der Waals surface area contributed by atoms with Crippen LogP contribution in [0, 0.1) is 0 Å². The number of para-hydroxylation sites is 1. The topological polar surface area (TPSA) is 67.0 Å². The number of amides is 1. The predicted octanol–water partition coefficient (Wildman–Crippen LogP) is 2.50. The van der Waals surface area contributed by atoms with Crippen LogP contribution in [-0.2, 0) is 6.54 Å². The first kappa shape index (κ1) is 13.2. The Balaban J connectivity index is 1.76. The molecule has 0 saturated carbocycles. The van der Waals surface area contributed by atoms with Gasteiger partial charge in [0, 0.05) is 11.9 Å². The molecule has 5 heteroatoms. The molecule has 21 heavy (non-hydrogen) atoms. The van der Waals surface area contributed by atoms with Gasteiger partial charge in [-0.1, -0.05) is 24.3 Å². The van der Waals surface area contributed by atoms with Crippen LogP contribution in [0.5, 0.6) is 5.75 Å². The minimum Gasteiger partial charge on any atom is -0.497 e. The van der Waals surface area contributed by atoms with E-state index in [4.69, 9.17) is 4.74 Å². The van der Waals surface area contributed by atoms with Gasteiger partial charge in [-0.25, -0.2) is 0 Å². The summed E-state index contributed by atoms with van der Waals surface area (Å²) in [5, 5.41) is 10.6. The van der Waals surface area contributed by atoms with Crippen LogP contribution in [0.4, 0.5) is 0 Å². The quantitative estimate of drug-likeness (QED) is 0.772. The fraction of sp³-hybridized carbons (Fsp3) is 0.125. The van der Waals surface area contributed by atoms with Crippen molar-refractivity contribution < 1.29 is 9.53 Å². The molecule has 3 rings (SSSR count). The highest BCUT2D eigenvalue weighted by atomic mass is 16.5. The lowest BCUT2D eigenvalue weighted by atomic mass is 10.1. The first-order valence-corrected chi connectivity index (χ1v) is 6.61.